The van der Waals surface area contributed by atoms with Crippen LogP contribution in [-0.2, 0) is 0 Å². The van der Waals surface area contributed by atoms with Crippen LogP contribution in [-0.4, -0.2) is 28.2 Å². The van der Waals surface area contributed by atoms with Crippen LogP contribution < -0.4 is 40.6 Å². The molecule has 0 aliphatic rings. The maximum absolute atomic E-state index is 10.7. The topological polar surface area (TPSA) is 130 Å². The number of nitrogens with one attached hydrogen (secondary N) is 1. The third-order valence-corrected chi connectivity index (χ3v) is 1.75. The number of nitrogens with two attached hydrogens (primary N) is 1. The van der Waals surface area contributed by atoms with E-state index in [0.29, 0.717) is 0 Å². The van der Waals surface area contributed by atoms with Gasteiger partial charge in [0.25, 0.3) is 0 Å². The number of primary amides is 1. The predicted molar refractivity (Wildman–Crippen MR) is 54.7 cm³/mol. The fraction of sp³-hybridized carbons (Fsp3) is 0. The third kappa shape index (κ3) is 4.06. The molecule has 5 N–H and O–H groups in total. The molecule has 17 heavy (non-hydrogen) atoms. The van der Waals surface area contributed by atoms with Crippen molar-refractivity contribution in [3.05, 3.63) is 29.3 Å². The Balaban J connectivity index is 0. The molecule has 0 aromatic heterocycles. The second-order valence-corrected chi connectivity index (χ2v) is 2.86. The quantitative estimate of drug-likeness (QED) is 0.446. The van der Waals surface area contributed by atoms with Crippen molar-refractivity contribution in [2.24, 2.45) is 5.73 Å². The van der Waals surface area contributed by atoms with Crippen LogP contribution in [0.5, 0.6) is 0 Å². The SMILES string of the molecule is NC(=O)Nc1cc(C(=O)O)ccc1C(=O)O.[H-].[Na+]. The largest absolute Gasteiger partial charge is 1.00 e. The molecule has 0 atom stereocenters. The number of hydrogen-bond acceptors (Lipinski definition) is 3. The van der Waals surface area contributed by atoms with Crippen molar-refractivity contribution in [1.29, 1.82) is 0 Å². The fourth-order valence-electron chi connectivity index (χ4n) is 1.10. The number of amides is 2. The average Bonchev–Trinajstić information content (AvgIpc) is 2.15. The normalized spacial score (nSPS) is 8.94. The van der Waals surface area contributed by atoms with E-state index in [1.54, 1.807) is 0 Å². The Hall–Kier alpha value is -1.57. The van der Waals surface area contributed by atoms with Crippen molar-refractivity contribution < 1.29 is 55.6 Å². The number of urea groups is 1. The van der Waals surface area contributed by atoms with Gasteiger partial charge in [-0.05, 0) is 18.2 Å². The van der Waals surface area contributed by atoms with Crippen molar-refractivity contribution in [1.82, 2.24) is 0 Å². The zero-order valence-corrected chi connectivity index (χ0v) is 10.9. The fourth-order valence-corrected chi connectivity index (χ4v) is 1.10. The molecule has 8 heteroatoms. The Morgan fingerprint density at radius 1 is 1.18 bits per heavy atom. The molecule has 7 nitrogen and oxygen atoms in total. The summed E-state index contributed by atoms with van der Waals surface area (Å²) in [5.74, 6) is -2.52. The first-order valence-electron chi connectivity index (χ1n) is 4.09. The van der Waals surface area contributed by atoms with Gasteiger partial charge in [0, 0.05) is 0 Å². The molecular formula is C9H9N2NaO5. The van der Waals surface area contributed by atoms with E-state index in [1.165, 1.54) is 0 Å². The summed E-state index contributed by atoms with van der Waals surface area (Å²) in [7, 11) is 0. The second kappa shape index (κ2) is 6.24. The van der Waals surface area contributed by atoms with Gasteiger partial charge in [0.2, 0.25) is 0 Å². The Kier molecular flexibility index (Phi) is 5.66. The first-order valence-corrected chi connectivity index (χ1v) is 4.09. The van der Waals surface area contributed by atoms with E-state index in [2.05, 4.69) is 0 Å². The van der Waals surface area contributed by atoms with E-state index in [0.717, 1.165) is 18.2 Å². The van der Waals surface area contributed by atoms with E-state index >= 15 is 0 Å². The van der Waals surface area contributed by atoms with Crippen LogP contribution in [0.3, 0.4) is 0 Å². The number of carbonyl (C=O) groups is 3. The van der Waals surface area contributed by atoms with E-state index < -0.39 is 18.0 Å². The van der Waals surface area contributed by atoms with Crippen LogP contribution >= 0.6 is 0 Å². The van der Waals surface area contributed by atoms with Gasteiger partial charge < -0.3 is 22.7 Å². The van der Waals surface area contributed by atoms with Gasteiger partial charge >= 0.3 is 47.5 Å². The standard InChI is InChI=1S/C9H8N2O5.Na.H/c10-9(16)11-6-3-4(7(12)13)1-2-5(6)8(14)15;;/h1-3H,(H,12,13)(H,14,15)(H3,10,11,16);;/q;+1;-1. The van der Waals surface area contributed by atoms with Crippen LogP contribution in [0, 0.1) is 0 Å². The number of carboxylic acid groups (broad SMARTS) is 2. The molecule has 0 spiro atoms. The number of hydrogen-bond donors (Lipinski definition) is 4. The van der Waals surface area contributed by atoms with Crippen LogP contribution in [0.25, 0.3) is 0 Å². The molecule has 1 aromatic carbocycles. The molecule has 0 aliphatic heterocycles. The zero-order chi connectivity index (χ0) is 12.3. The van der Waals surface area contributed by atoms with Crippen LogP contribution in [0.4, 0.5) is 10.5 Å². The summed E-state index contributed by atoms with van der Waals surface area (Å²) < 4.78 is 0. The number of anilines is 1. The maximum atomic E-state index is 10.7. The minimum Gasteiger partial charge on any atom is -1.00 e. The smallest absolute Gasteiger partial charge is 1.00 e. The Morgan fingerprint density at radius 2 is 1.76 bits per heavy atom. The molecular weight excluding hydrogens is 239 g/mol. The maximum Gasteiger partial charge on any atom is 1.00 e. The van der Waals surface area contributed by atoms with Crippen molar-refractivity contribution >= 4 is 23.7 Å². The van der Waals surface area contributed by atoms with E-state index in [-0.39, 0.29) is 47.8 Å². The van der Waals surface area contributed by atoms with E-state index in [4.69, 9.17) is 15.9 Å². The molecule has 0 heterocycles. The Bertz CT molecular complexity index is 480. The number of aromatic carboxylic acids is 2. The Morgan fingerprint density at radius 3 is 2.18 bits per heavy atom. The Labute approximate surface area is 119 Å². The van der Waals surface area contributed by atoms with Crippen LogP contribution in [0.1, 0.15) is 22.1 Å². The molecule has 1 aromatic rings. The van der Waals surface area contributed by atoms with Gasteiger partial charge in [-0.1, -0.05) is 0 Å². The summed E-state index contributed by atoms with van der Waals surface area (Å²) in [6.45, 7) is 0. The van der Waals surface area contributed by atoms with Crippen molar-refractivity contribution in [2.75, 3.05) is 5.32 Å². The number of benzene rings is 1. The second-order valence-electron chi connectivity index (χ2n) is 2.86. The zero-order valence-electron chi connectivity index (χ0n) is 9.93. The number of carbonyl (C=O) groups excluding carboxylic acids is 1. The average molecular weight is 248 g/mol. The summed E-state index contributed by atoms with van der Waals surface area (Å²) in [6, 6.07) is 2.26. The molecule has 0 saturated heterocycles. The molecule has 2 amide bonds. The predicted octanol–water partition coefficient (Wildman–Crippen LogP) is -2.31. The molecule has 86 valence electrons. The molecule has 0 radical (unpaired) electrons. The molecule has 0 saturated carbocycles. The van der Waals surface area contributed by atoms with Crippen LogP contribution in [0.2, 0.25) is 0 Å². The molecule has 0 unspecified atom stereocenters. The monoisotopic (exact) mass is 248 g/mol. The minimum atomic E-state index is -1.29. The summed E-state index contributed by atoms with van der Waals surface area (Å²) in [5, 5.41) is 19.5. The van der Waals surface area contributed by atoms with Gasteiger partial charge in [0.15, 0.2) is 0 Å². The van der Waals surface area contributed by atoms with Crippen molar-refractivity contribution in [3.63, 3.8) is 0 Å². The van der Waals surface area contributed by atoms with Gasteiger partial charge in [-0.15, -0.1) is 0 Å². The summed E-state index contributed by atoms with van der Waals surface area (Å²) in [4.78, 5) is 32.0. The molecule has 0 aliphatic carbocycles. The number of carboxylic acids is 2. The minimum absolute atomic E-state index is 0. The molecule has 0 fully saturated rings. The van der Waals surface area contributed by atoms with Gasteiger partial charge in [-0.2, -0.15) is 0 Å². The first-order chi connectivity index (χ1) is 7.41. The summed E-state index contributed by atoms with van der Waals surface area (Å²) >= 11 is 0. The van der Waals surface area contributed by atoms with Crippen molar-refractivity contribution in [3.8, 4) is 0 Å². The molecule has 0 bridgehead atoms. The summed E-state index contributed by atoms with van der Waals surface area (Å²) in [6.07, 6.45) is 0. The van der Waals surface area contributed by atoms with Crippen LogP contribution in [0.15, 0.2) is 18.2 Å². The first kappa shape index (κ1) is 15.4. The van der Waals surface area contributed by atoms with Gasteiger partial charge in [-0.3, -0.25) is 0 Å². The van der Waals surface area contributed by atoms with Gasteiger partial charge in [-0.25, -0.2) is 14.4 Å². The number of rotatable bonds is 3. The van der Waals surface area contributed by atoms with E-state index in [1.807, 2.05) is 5.32 Å². The van der Waals surface area contributed by atoms with Crippen molar-refractivity contribution in [2.45, 2.75) is 0 Å². The summed E-state index contributed by atoms with van der Waals surface area (Å²) in [5.41, 5.74) is 4.30. The molecule has 1 rings (SSSR count). The van der Waals surface area contributed by atoms with Gasteiger partial charge in [0.1, 0.15) is 0 Å². The van der Waals surface area contributed by atoms with E-state index in [9.17, 15) is 14.4 Å². The van der Waals surface area contributed by atoms with Gasteiger partial charge in [0.05, 0.1) is 16.8 Å². The third-order valence-electron chi connectivity index (χ3n) is 1.75.